The van der Waals surface area contributed by atoms with Crippen LogP contribution < -0.4 is 10.8 Å². The molecule has 0 atom stereocenters. The zero-order valence-electron chi connectivity index (χ0n) is 10.1. The maximum absolute atomic E-state index is 11.1. The molecule has 0 spiro atoms. The fraction of sp³-hybridized carbons (Fsp3) is 0.417. The van der Waals surface area contributed by atoms with Crippen LogP contribution in [0.4, 0.5) is 10.5 Å². The number of hydrogen-bond donors (Lipinski definition) is 2. The van der Waals surface area contributed by atoms with Gasteiger partial charge in [-0.25, -0.2) is 10.3 Å². The van der Waals surface area contributed by atoms with Gasteiger partial charge in [-0.3, -0.25) is 4.84 Å². The van der Waals surface area contributed by atoms with Gasteiger partial charge in [0.2, 0.25) is 0 Å². The average molecular weight is 222 g/mol. The van der Waals surface area contributed by atoms with Gasteiger partial charge >= 0.3 is 6.03 Å². The Bertz CT molecular complexity index is 352. The van der Waals surface area contributed by atoms with Gasteiger partial charge in [0, 0.05) is 5.69 Å². The van der Waals surface area contributed by atoms with E-state index >= 15 is 0 Å². The lowest BCUT2D eigenvalue weighted by atomic mass is 9.87. The topological polar surface area (TPSA) is 50.4 Å². The highest BCUT2D eigenvalue weighted by Gasteiger charge is 2.12. The summed E-state index contributed by atoms with van der Waals surface area (Å²) >= 11 is 0. The summed E-state index contributed by atoms with van der Waals surface area (Å²) in [6.07, 6.45) is 0. The van der Waals surface area contributed by atoms with E-state index in [1.54, 1.807) is 0 Å². The fourth-order valence-electron chi connectivity index (χ4n) is 1.30. The maximum Gasteiger partial charge on any atom is 0.343 e. The monoisotopic (exact) mass is 222 g/mol. The molecule has 0 bridgehead atoms. The highest BCUT2D eigenvalue weighted by Crippen LogP contribution is 2.23. The van der Waals surface area contributed by atoms with E-state index < -0.39 is 0 Å². The van der Waals surface area contributed by atoms with Crippen LogP contribution in [-0.4, -0.2) is 13.1 Å². The van der Waals surface area contributed by atoms with Crippen molar-refractivity contribution in [1.29, 1.82) is 0 Å². The van der Waals surface area contributed by atoms with Crippen LogP contribution in [0, 0.1) is 0 Å². The van der Waals surface area contributed by atoms with Crippen LogP contribution in [-0.2, 0) is 10.3 Å². The van der Waals surface area contributed by atoms with Crippen LogP contribution in [0.2, 0.25) is 0 Å². The zero-order chi connectivity index (χ0) is 12.2. The van der Waals surface area contributed by atoms with Crippen LogP contribution in [0.15, 0.2) is 24.3 Å². The van der Waals surface area contributed by atoms with E-state index in [4.69, 9.17) is 0 Å². The first kappa shape index (κ1) is 12.5. The molecule has 1 aromatic carbocycles. The molecule has 0 unspecified atom stereocenters. The zero-order valence-corrected chi connectivity index (χ0v) is 10.1. The SMILES string of the molecule is CONC(=O)Nc1ccc(C(C)(C)C)cc1. The first-order valence-corrected chi connectivity index (χ1v) is 5.14. The van der Waals surface area contributed by atoms with E-state index in [0.717, 1.165) is 5.69 Å². The number of urea groups is 1. The lowest BCUT2D eigenvalue weighted by Gasteiger charge is -2.19. The normalized spacial score (nSPS) is 11.0. The van der Waals surface area contributed by atoms with Gasteiger partial charge in [-0.05, 0) is 23.1 Å². The Morgan fingerprint density at radius 1 is 1.19 bits per heavy atom. The molecule has 0 fully saturated rings. The predicted molar refractivity (Wildman–Crippen MR) is 64.3 cm³/mol. The lowest BCUT2D eigenvalue weighted by molar-refractivity contribution is 0.114. The summed E-state index contributed by atoms with van der Waals surface area (Å²) in [7, 11) is 1.39. The Labute approximate surface area is 95.9 Å². The summed E-state index contributed by atoms with van der Waals surface area (Å²) in [6.45, 7) is 6.44. The van der Waals surface area contributed by atoms with E-state index in [1.165, 1.54) is 12.7 Å². The molecular weight excluding hydrogens is 204 g/mol. The van der Waals surface area contributed by atoms with Crippen LogP contribution in [0.3, 0.4) is 0 Å². The van der Waals surface area contributed by atoms with Crippen LogP contribution >= 0.6 is 0 Å². The predicted octanol–water partition coefficient (Wildman–Crippen LogP) is 2.67. The van der Waals surface area contributed by atoms with Crippen molar-refractivity contribution in [2.75, 3.05) is 12.4 Å². The van der Waals surface area contributed by atoms with E-state index in [9.17, 15) is 4.79 Å². The Kier molecular flexibility index (Phi) is 3.90. The van der Waals surface area contributed by atoms with Crippen molar-refractivity contribution in [3.63, 3.8) is 0 Å². The van der Waals surface area contributed by atoms with Crippen LogP contribution in [0.1, 0.15) is 26.3 Å². The second-order valence-electron chi connectivity index (χ2n) is 4.59. The minimum atomic E-state index is -0.383. The number of carbonyl (C=O) groups is 1. The van der Waals surface area contributed by atoms with Gasteiger partial charge in [0.1, 0.15) is 0 Å². The van der Waals surface area contributed by atoms with E-state index in [1.807, 2.05) is 24.3 Å². The number of rotatable bonds is 2. The number of hydroxylamine groups is 1. The van der Waals surface area contributed by atoms with Gasteiger partial charge in [0.25, 0.3) is 0 Å². The molecule has 0 aliphatic rings. The number of hydrogen-bond acceptors (Lipinski definition) is 2. The summed E-state index contributed by atoms with van der Waals surface area (Å²) in [5.41, 5.74) is 4.27. The van der Waals surface area contributed by atoms with Crippen LogP contribution in [0.5, 0.6) is 0 Å². The standard InChI is InChI=1S/C12H18N2O2/c1-12(2,3)9-5-7-10(8-6-9)13-11(15)14-16-4/h5-8H,1-4H3,(H2,13,14,15). The Hall–Kier alpha value is -1.55. The minimum Gasteiger partial charge on any atom is -0.306 e. The number of nitrogens with one attached hydrogen (secondary N) is 2. The third kappa shape index (κ3) is 3.55. The van der Waals surface area contributed by atoms with Gasteiger partial charge < -0.3 is 5.32 Å². The van der Waals surface area contributed by atoms with Crippen molar-refractivity contribution < 1.29 is 9.63 Å². The molecule has 0 radical (unpaired) electrons. The first-order chi connectivity index (χ1) is 7.43. The molecule has 0 aromatic heterocycles. The number of carbonyl (C=O) groups excluding carboxylic acids is 1. The Morgan fingerprint density at radius 2 is 1.75 bits per heavy atom. The third-order valence-electron chi connectivity index (χ3n) is 2.20. The van der Waals surface area contributed by atoms with Gasteiger partial charge in [-0.1, -0.05) is 32.9 Å². The smallest absolute Gasteiger partial charge is 0.306 e. The molecule has 1 rings (SSSR count). The van der Waals surface area contributed by atoms with E-state index in [2.05, 4.69) is 36.4 Å². The summed E-state index contributed by atoms with van der Waals surface area (Å²) < 4.78 is 0. The molecule has 16 heavy (non-hydrogen) atoms. The number of anilines is 1. The minimum absolute atomic E-state index is 0.118. The average Bonchev–Trinajstić information content (AvgIpc) is 2.17. The van der Waals surface area contributed by atoms with Gasteiger partial charge in [-0.15, -0.1) is 0 Å². The van der Waals surface area contributed by atoms with Gasteiger partial charge in [0.15, 0.2) is 0 Å². The summed E-state index contributed by atoms with van der Waals surface area (Å²) in [6, 6.07) is 7.36. The van der Waals surface area contributed by atoms with Crippen LogP contribution in [0.25, 0.3) is 0 Å². The summed E-state index contributed by atoms with van der Waals surface area (Å²) in [5.74, 6) is 0. The highest BCUT2D eigenvalue weighted by molar-refractivity contribution is 5.88. The third-order valence-corrected chi connectivity index (χ3v) is 2.20. The van der Waals surface area contributed by atoms with E-state index in [0.29, 0.717) is 0 Å². The molecule has 4 heteroatoms. The summed E-state index contributed by atoms with van der Waals surface area (Å²) in [5, 5.41) is 2.65. The van der Waals surface area contributed by atoms with Crippen molar-refractivity contribution >= 4 is 11.7 Å². The molecule has 2 N–H and O–H groups in total. The number of amides is 2. The van der Waals surface area contributed by atoms with Gasteiger partial charge in [-0.2, -0.15) is 0 Å². The molecule has 0 saturated carbocycles. The molecule has 2 amide bonds. The fourth-order valence-corrected chi connectivity index (χ4v) is 1.30. The molecule has 0 aliphatic heterocycles. The molecular formula is C12H18N2O2. The summed E-state index contributed by atoms with van der Waals surface area (Å²) in [4.78, 5) is 15.6. The second-order valence-corrected chi connectivity index (χ2v) is 4.59. The van der Waals surface area contributed by atoms with E-state index in [-0.39, 0.29) is 11.4 Å². The Morgan fingerprint density at radius 3 is 2.19 bits per heavy atom. The molecule has 0 heterocycles. The largest absolute Gasteiger partial charge is 0.343 e. The number of benzene rings is 1. The second kappa shape index (κ2) is 4.99. The lowest BCUT2D eigenvalue weighted by Crippen LogP contribution is -2.27. The molecule has 88 valence electrons. The first-order valence-electron chi connectivity index (χ1n) is 5.14. The van der Waals surface area contributed by atoms with Crippen molar-refractivity contribution in [3.05, 3.63) is 29.8 Å². The van der Waals surface area contributed by atoms with Crippen molar-refractivity contribution in [2.45, 2.75) is 26.2 Å². The highest BCUT2D eigenvalue weighted by atomic mass is 16.6. The molecule has 0 aliphatic carbocycles. The molecule has 1 aromatic rings. The molecule has 0 saturated heterocycles. The van der Waals surface area contributed by atoms with Gasteiger partial charge in [0.05, 0.1) is 7.11 Å². The Balaban J connectivity index is 2.69. The van der Waals surface area contributed by atoms with Crippen molar-refractivity contribution in [3.8, 4) is 0 Å². The quantitative estimate of drug-likeness (QED) is 0.756. The van der Waals surface area contributed by atoms with Crippen molar-refractivity contribution in [2.24, 2.45) is 0 Å². The van der Waals surface area contributed by atoms with Crippen molar-refractivity contribution in [1.82, 2.24) is 5.48 Å². The maximum atomic E-state index is 11.1. The molecule has 4 nitrogen and oxygen atoms in total.